The van der Waals surface area contributed by atoms with Gasteiger partial charge in [0.1, 0.15) is 5.76 Å². The van der Waals surface area contributed by atoms with Crippen molar-refractivity contribution in [2.24, 2.45) is 0 Å². The number of nitrogens with zero attached hydrogens (tertiary/aromatic N) is 5. The highest BCUT2D eigenvalue weighted by Crippen LogP contribution is 2.27. The van der Waals surface area contributed by atoms with E-state index in [-0.39, 0.29) is 5.41 Å². The molecule has 3 aromatic rings. The summed E-state index contributed by atoms with van der Waals surface area (Å²) in [5.41, 5.74) is 6.14. The van der Waals surface area contributed by atoms with Crippen molar-refractivity contribution in [3.63, 3.8) is 0 Å². The number of aromatic nitrogens is 5. The second kappa shape index (κ2) is 3.52. The first-order valence-electron chi connectivity index (χ1n) is 5.40. The van der Waals surface area contributed by atoms with E-state index in [2.05, 4.69) is 41.2 Å². The minimum atomic E-state index is -0.101. The average molecular weight is 264 g/mol. The summed E-state index contributed by atoms with van der Waals surface area (Å²) in [6.07, 6.45) is 0. The fraction of sp³-hybridized carbons (Fsp3) is 0.400. The first-order chi connectivity index (χ1) is 8.45. The van der Waals surface area contributed by atoms with Crippen LogP contribution in [-0.2, 0) is 5.41 Å². The lowest BCUT2D eigenvalue weighted by molar-refractivity contribution is 0.330. The lowest BCUT2D eigenvalue weighted by Gasteiger charge is -2.11. The van der Waals surface area contributed by atoms with Gasteiger partial charge in [0, 0.05) is 11.5 Å². The zero-order valence-electron chi connectivity index (χ0n) is 10.2. The highest BCUT2D eigenvalue weighted by atomic mass is 32.1. The number of anilines is 1. The van der Waals surface area contributed by atoms with E-state index >= 15 is 0 Å². The number of nitrogens with two attached hydrogens (primary N) is 1. The van der Waals surface area contributed by atoms with Gasteiger partial charge in [-0.25, -0.2) is 0 Å². The topological polar surface area (TPSA) is 95.1 Å². The molecule has 0 amide bonds. The highest BCUT2D eigenvalue weighted by Gasteiger charge is 2.22. The molecular weight excluding hydrogens is 252 g/mol. The summed E-state index contributed by atoms with van der Waals surface area (Å²) in [6, 6.07) is 1.85. The number of rotatable bonds is 1. The summed E-state index contributed by atoms with van der Waals surface area (Å²) in [6.45, 7) is 6.16. The van der Waals surface area contributed by atoms with Gasteiger partial charge in [0.05, 0.1) is 0 Å². The normalized spacial score (nSPS) is 12.4. The molecule has 0 aliphatic heterocycles. The zero-order chi connectivity index (χ0) is 12.9. The first-order valence-corrected chi connectivity index (χ1v) is 6.22. The molecule has 0 spiro atoms. The van der Waals surface area contributed by atoms with Gasteiger partial charge in [-0.3, -0.25) is 0 Å². The van der Waals surface area contributed by atoms with Gasteiger partial charge in [-0.1, -0.05) is 37.3 Å². The number of hydrogen-bond acceptors (Lipinski definition) is 7. The van der Waals surface area contributed by atoms with Crippen molar-refractivity contribution >= 4 is 21.4 Å². The Kier molecular flexibility index (Phi) is 2.18. The molecular formula is C10H12N6OS. The second-order valence-corrected chi connectivity index (χ2v) is 5.97. The summed E-state index contributed by atoms with van der Waals surface area (Å²) in [5.74, 6) is 1.33. The van der Waals surface area contributed by atoms with Crippen LogP contribution in [0.5, 0.6) is 0 Å². The Bertz CT molecular complexity index is 703. The van der Waals surface area contributed by atoms with Crippen LogP contribution in [0.2, 0.25) is 0 Å². The molecule has 0 saturated heterocycles. The van der Waals surface area contributed by atoms with E-state index in [0.29, 0.717) is 21.6 Å². The van der Waals surface area contributed by atoms with Gasteiger partial charge in [-0.05, 0) is 0 Å². The van der Waals surface area contributed by atoms with E-state index in [1.54, 1.807) is 4.52 Å². The molecule has 0 atom stereocenters. The van der Waals surface area contributed by atoms with Gasteiger partial charge < -0.3 is 10.3 Å². The van der Waals surface area contributed by atoms with Crippen LogP contribution in [0.3, 0.4) is 0 Å². The largest absolute Gasteiger partial charge is 0.374 e. The SMILES string of the molecule is CC(C)(C)c1cc(-c2nnc3sc(N)nn23)no1. The summed E-state index contributed by atoms with van der Waals surface area (Å²) in [7, 11) is 0. The Balaban J connectivity index is 2.11. The summed E-state index contributed by atoms with van der Waals surface area (Å²) in [4.78, 5) is 0.641. The van der Waals surface area contributed by atoms with Crippen LogP contribution in [0.25, 0.3) is 16.5 Å². The molecule has 0 aliphatic carbocycles. The van der Waals surface area contributed by atoms with Crippen molar-refractivity contribution in [2.75, 3.05) is 5.73 Å². The Morgan fingerprint density at radius 1 is 1.33 bits per heavy atom. The van der Waals surface area contributed by atoms with Crippen molar-refractivity contribution in [3.05, 3.63) is 11.8 Å². The standard InChI is InChI=1S/C10H12N6OS/c1-10(2,3)6-4-5(15-17-6)7-12-13-9-16(7)14-8(11)18-9/h4H,1-3H3,(H2,11,14). The average Bonchev–Trinajstić information content (AvgIpc) is 2.88. The Hall–Kier alpha value is -1.96. The molecule has 0 bridgehead atoms. The van der Waals surface area contributed by atoms with Crippen LogP contribution in [0, 0.1) is 0 Å². The van der Waals surface area contributed by atoms with Gasteiger partial charge in [-0.15, -0.1) is 15.3 Å². The third-order valence-electron chi connectivity index (χ3n) is 2.48. The molecule has 3 aromatic heterocycles. The Morgan fingerprint density at radius 2 is 2.11 bits per heavy atom. The fourth-order valence-electron chi connectivity index (χ4n) is 1.53. The molecule has 3 heterocycles. The van der Waals surface area contributed by atoms with Crippen molar-refractivity contribution in [2.45, 2.75) is 26.2 Å². The Morgan fingerprint density at radius 3 is 2.78 bits per heavy atom. The van der Waals surface area contributed by atoms with Gasteiger partial charge in [0.25, 0.3) is 0 Å². The number of nitrogen functional groups attached to an aromatic ring is 1. The minimum absolute atomic E-state index is 0.101. The summed E-state index contributed by atoms with van der Waals surface area (Å²) >= 11 is 1.28. The molecule has 18 heavy (non-hydrogen) atoms. The van der Waals surface area contributed by atoms with E-state index < -0.39 is 0 Å². The molecule has 94 valence electrons. The third kappa shape index (κ3) is 1.65. The molecule has 0 saturated carbocycles. The predicted octanol–water partition coefficient (Wildman–Crippen LogP) is 1.72. The molecule has 7 nitrogen and oxygen atoms in total. The van der Waals surface area contributed by atoms with Gasteiger partial charge in [0.15, 0.2) is 5.69 Å². The van der Waals surface area contributed by atoms with Crippen LogP contribution in [0.1, 0.15) is 26.5 Å². The van der Waals surface area contributed by atoms with E-state index in [9.17, 15) is 0 Å². The summed E-state index contributed by atoms with van der Waals surface area (Å²) in [5, 5.41) is 16.6. The smallest absolute Gasteiger partial charge is 0.236 e. The van der Waals surface area contributed by atoms with E-state index in [1.165, 1.54) is 11.3 Å². The van der Waals surface area contributed by atoms with Crippen LogP contribution >= 0.6 is 11.3 Å². The quantitative estimate of drug-likeness (QED) is 0.719. The number of fused-ring (bicyclic) bond motifs is 1. The lowest BCUT2D eigenvalue weighted by atomic mass is 9.93. The van der Waals surface area contributed by atoms with Crippen molar-refractivity contribution in [1.29, 1.82) is 0 Å². The molecule has 8 heteroatoms. The first kappa shape index (κ1) is 11.1. The van der Waals surface area contributed by atoms with Crippen LogP contribution in [0.4, 0.5) is 5.13 Å². The van der Waals surface area contributed by atoms with E-state index in [1.807, 2.05) is 6.07 Å². The number of hydrogen-bond donors (Lipinski definition) is 1. The maximum absolute atomic E-state index is 5.63. The molecule has 0 aliphatic rings. The minimum Gasteiger partial charge on any atom is -0.374 e. The van der Waals surface area contributed by atoms with Crippen LogP contribution < -0.4 is 5.73 Å². The van der Waals surface area contributed by atoms with Crippen molar-refractivity contribution in [3.8, 4) is 11.5 Å². The second-order valence-electron chi connectivity index (χ2n) is 4.98. The maximum Gasteiger partial charge on any atom is 0.236 e. The molecule has 2 N–H and O–H groups in total. The van der Waals surface area contributed by atoms with Crippen molar-refractivity contribution in [1.82, 2.24) is 25.0 Å². The van der Waals surface area contributed by atoms with Crippen LogP contribution in [0.15, 0.2) is 10.6 Å². The Labute approximate surface area is 107 Å². The van der Waals surface area contributed by atoms with Gasteiger partial charge in [0.2, 0.25) is 15.9 Å². The molecule has 0 aromatic carbocycles. The predicted molar refractivity (Wildman–Crippen MR) is 67.3 cm³/mol. The molecule has 0 fully saturated rings. The highest BCUT2D eigenvalue weighted by molar-refractivity contribution is 7.20. The molecule has 0 radical (unpaired) electrons. The van der Waals surface area contributed by atoms with E-state index in [0.717, 1.165) is 5.76 Å². The lowest BCUT2D eigenvalue weighted by Crippen LogP contribution is -2.09. The monoisotopic (exact) mass is 264 g/mol. The van der Waals surface area contributed by atoms with Crippen LogP contribution in [-0.4, -0.2) is 25.0 Å². The molecule has 0 unspecified atom stereocenters. The maximum atomic E-state index is 5.63. The third-order valence-corrected chi connectivity index (χ3v) is 3.21. The van der Waals surface area contributed by atoms with Gasteiger partial charge in [-0.2, -0.15) is 4.52 Å². The fourth-order valence-corrected chi connectivity index (χ4v) is 2.13. The van der Waals surface area contributed by atoms with Crippen molar-refractivity contribution < 1.29 is 4.52 Å². The molecule has 3 rings (SSSR count). The van der Waals surface area contributed by atoms with Gasteiger partial charge >= 0.3 is 0 Å². The van der Waals surface area contributed by atoms with E-state index in [4.69, 9.17) is 10.3 Å². The summed E-state index contributed by atoms with van der Waals surface area (Å²) < 4.78 is 6.90. The zero-order valence-corrected chi connectivity index (χ0v) is 11.0.